The molecule has 0 aliphatic carbocycles. The van der Waals surface area contributed by atoms with Crippen molar-refractivity contribution in [3.8, 4) is 23.1 Å². The van der Waals surface area contributed by atoms with Gasteiger partial charge in [-0.05, 0) is 42.8 Å². The summed E-state index contributed by atoms with van der Waals surface area (Å²) in [6, 6.07) is 9.53. The molecule has 9 heteroatoms. The number of hydrogen-bond donors (Lipinski definition) is 0. The van der Waals surface area contributed by atoms with Gasteiger partial charge < -0.3 is 28.6 Å². The summed E-state index contributed by atoms with van der Waals surface area (Å²) in [6.07, 6.45) is 7.26. The topological polar surface area (TPSA) is 82.0 Å². The predicted octanol–water partition coefficient (Wildman–Crippen LogP) is 2.96. The number of hydrogen-bond acceptors (Lipinski definition) is 7. The van der Waals surface area contributed by atoms with Crippen LogP contribution in [0.25, 0.3) is 11.9 Å². The van der Waals surface area contributed by atoms with Crippen LogP contribution < -0.4 is 19.1 Å². The van der Waals surface area contributed by atoms with Gasteiger partial charge in [0.2, 0.25) is 11.7 Å². The summed E-state index contributed by atoms with van der Waals surface area (Å²) in [6.45, 7) is 4.52. The average molecular weight is 464 g/mol. The van der Waals surface area contributed by atoms with Crippen LogP contribution >= 0.6 is 0 Å². The largest absolute Gasteiger partial charge is 0.493 e. The molecule has 0 atom stereocenters. The summed E-state index contributed by atoms with van der Waals surface area (Å²) in [5.74, 6) is 3.98. The van der Waals surface area contributed by atoms with Crippen LogP contribution in [-0.4, -0.2) is 72.9 Å². The maximum atomic E-state index is 12.8. The van der Waals surface area contributed by atoms with Crippen LogP contribution in [-0.2, 0) is 4.79 Å². The highest BCUT2D eigenvalue weighted by Gasteiger charge is 2.21. The number of methoxy groups -OCH3 is 3. The lowest BCUT2D eigenvalue weighted by Gasteiger charge is -2.35. The molecule has 0 N–H and O–H groups in total. The highest BCUT2D eigenvalue weighted by atomic mass is 16.5. The van der Waals surface area contributed by atoms with Crippen molar-refractivity contribution in [3.63, 3.8) is 0 Å². The van der Waals surface area contributed by atoms with Crippen molar-refractivity contribution < 1.29 is 19.0 Å². The Morgan fingerprint density at radius 3 is 2.09 bits per heavy atom. The lowest BCUT2D eigenvalue weighted by atomic mass is 10.1. The molecule has 1 aliphatic rings. The minimum absolute atomic E-state index is 0.0414. The minimum Gasteiger partial charge on any atom is -0.493 e. The van der Waals surface area contributed by atoms with E-state index in [-0.39, 0.29) is 5.91 Å². The molecular formula is C25H29N5O4. The van der Waals surface area contributed by atoms with Crippen LogP contribution in [0, 0.1) is 6.92 Å². The van der Waals surface area contributed by atoms with E-state index in [1.807, 2.05) is 59.1 Å². The number of aromatic nitrogens is 3. The predicted molar refractivity (Wildman–Crippen MR) is 130 cm³/mol. The quantitative estimate of drug-likeness (QED) is 0.498. The molecule has 3 aromatic rings. The highest BCUT2D eigenvalue weighted by molar-refractivity contribution is 5.92. The summed E-state index contributed by atoms with van der Waals surface area (Å²) in [5.41, 5.74) is 0.787. The Bertz CT molecular complexity index is 1140. The summed E-state index contributed by atoms with van der Waals surface area (Å²) in [7, 11) is 4.69. The van der Waals surface area contributed by atoms with Crippen molar-refractivity contribution >= 4 is 17.8 Å². The average Bonchev–Trinajstić information content (AvgIpc) is 3.41. The Kier molecular flexibility index (Phi) is 7.01. The van der Waals surface area contributed by atoms with Crippen molar-refractivity contribution in [2.45, 2.75) is 6.92 Å². The number of nitrogens with zero attached hydrogens (tertiary/aromatic N) is 5. The molecule has 0 spiro atoms. The Morgan fingerprint density at radius 1 is 0.882 bits per heavy atom. The van der Waals surface area contributed by atoms with E-state index in [4.69, 9.17) is 14.2 Å². The van der Waals surface area contributed by atoms with Crippen LogP contribution in [0.3, 0.4) is 0 Å². The number of ether oxygens (including phenoxy) is 3. The summed E-state index contributed by atoms with van der Waals surface area (Å²) < 4.78 is 18.1. The van der Waals surface area contributed by atoms with E-state index in [0.717, 1.165) is 17.2 Å². The first kappa shape index (κ1) is 23.2. The number of rotatable bonds is 7. The molecule has 1 saturated heterocycles. The second-order valence-corrected chi connectivity index (χ2v) is 7.83. The number of amides is 1. The van der Waals surface area contributed by atoms with E-state index in [2.05, 4.69) is 14.9 Å². The van der Waals surface area contributed by atoms with Crippen LogP contribution in [0.4, 0.5) is 5.82 Å². The minimum atomic E-state index is -0.0414. The van der Waals surface area contributed by atoms with Crippen LogP contribution in [0.1, 0.15) is 11.4 Å². The molecule has 1 amide bonds. The molecule has 0 saturated carbocycles. The van der Waals surface area contributed by atoms with Gasteiger partial charge in [0.15, 0.2) is 11.5 Å². The smallest absolute Gasteiger partial charge is 0.246 e. The number of benzene rings is 1. The first-order valence-electron chi connectivity index (χ1n) is 11.0. The summed E-state index contributed by atoms with van der Waals surface area (Å²) >= 11 is 0. The molecule has 3 heterocycles. The van der Waals surface area contributed by atoms with Crippen LogP contribution in [0.15, 0.2) is 48.8 Å². The fourth-order valence-electron chi connectivity index (χ4n) is 3.94. The van der Waals surface area contributed by atoms with Gasteiger partial charge in [-0.15, -0.1) is 0 Å². The van der Waals surface area contributed by atoms with E-state index < -0.39 is 0 Å². The highest BCUT2D eigenvalue weighted by Crippen LogP contribution is 2.38. The van der Waals surface area contributed by atoms with E-state index in [9.17, 15) is 4.79 Å². The lowest BCUT2D eigenvalue weighted by Crippen LogP contribution is -2.48. The number of anilines is 1. The van der Waals surface area contributed by atoms with Gasteiger partial charge in [-0.25, -0.2) is 9.97 Å². The fourth-order valence-corrected chi connectivity index (χ4v) is 3.94. The van der Waals surface area contributed by atoms with Gasteiger partial charge in [-0.3, -0.25) is 4.79 Å². The fraction of sp³-hybridized carbons (Fsp3) is 0.320. The number of carbonyl (C=O) groups excluding carboxylic acids is 1. The van der Waals surface area contributed by atoms with E-state index in [1.54, 1.807) is 33.5 Å². The Hall–Kier alpha value is -4.01. The van der Waals surface area contributed by atoms with Crippen molar-refractivity contribution in [1.82, 2.24) is 19.4 Å². The molecule has 1 aliphatic heterocycles. The molecule has 9 nitrogen and oxygen atoms in total. The Balaban J connectivity index is 1.41. The van der Waals surface area contributed by atoms with Crippen molar-refractivity contribution in [2.75, 3.05) is 52.4 Å². The van der Waals surface area contributed by atoms with Gasteiger partial charge in [0.1, 0.15) is 17.5 Å². The second-order valence-electron chi connectivity index (χ2n) is 7.83. The molecule has 178 valence electrons. The standard InChI is InChI=1S/C25H29N5O4/c1-18-26-22(28-9-5-6-10-28)17-23(27-18)29-11-13-30(14-12-29)24(31)8-7-19-15-20(32-2)25(34-4)21(16-19)33-3/h5-10,15-17H,11-14H2,1-4H3/b8-7+. The van der Waals surface area contributed by atoms with Crippen molar-refractivity contribution in [2.24, 2.45) is 0 Å². The molecule has 0 unspecified atom stereocenters. The molecule has 0 radical (unpaired) electrons. The third-order valence-corrected chi connectivity index (χ3v) is 5.70. The van der Waals surface area contributed by atoms with Gasteiger partial charge in [0, 0.05) is 50.7 Å². The van der Waals surface area contributed by atoms with E-state index in [1.165, 1.54) is 0 Å². The number of carbonyl (C=O) groups is 1. The second kappa shape index (κ2) is 10.3. The molecule has 2 aromatic heterocycles. The summed E-state index contributed by atoms with van der Waals surface area (Å²) in [5, 5.41) is 0. The zero-order chi connectivity index (χ0) is 24.1. The van der Waals surface area contributed by atoms with E-state index >= 15 is 0 Å². The van der Waals surface area contributed by atoms with Crippen molar-refractivity contribution in [3.05, 3.63) is 60.2 Å². The molecule has 34 heavy (non-hydrogen) atoms. The molecule has 1 aromatic carbocycles. The van der Waals surface area contributed by atoms with Gasteiger partial charge in [0.25, 0.3) is 0 Å². The SMILES string of the molecule is COc1cc(/C=C/C(=O)N2CCN(c3cc(-n4cccc4)nc(C)n3)CC2)cc(OC)c1OC. The molecule has 1 fully saturated rings. The van der Waals surface area contributed by atoms with Crippen LogP contribution in [0.2, 0.25) is 0 Å². The van der Waals surface area contributed by atoms with Gasteiger partial charge >= 0.3 is 0 Å². The van der Waals surface area contributed by atoms with Gasteiger partial charge in [0.05, 0.1) is 21.3 Å². The lowest BCUT2D eigenvalue weighted by molar-refractivity contribution is -0.126. The molecule has 0 bridgehead atoms. The third kappa shape index (κ3) is 4.98. The zero-order valence-corrected chi connectivity index (χ0v) is 19.9. The van der Waals surface area contributed by atoms with Crippen LogP contribution in [0.5, 0.6) is 17.2 Å². The Morgan fingerprint density at radius 2 is 1.50 bits per heavy atom. The van der Waals surface area contributed by atoms with Gasteiger partial charge in [-0.2, -0.15) is 0 Å². The maximum absolute atomic E-state index is 12.8. The summed E-state index contributed by atoms with van der Waals surface area (Å²) in [4.78, 5) is 26.0. The first-order valence-corrected chi connectivity index (χ1v) is 11.0. The van der Waals surface area contributed by atoms with Gasteiger partial charge in [-0.1, -0.05) is 0 Å². The number of piperazine rings is 1. The third-order valence-electron chi connectivity index (χ3n) is 5.70. The monoisotopic (exact) mass is 463 g/mol. The Labute approximate surface area is 199 Å². The molecular weight excluding hydrogens is 434 g/mol. The van der Waals surface area contributed by atoms with Crippen molar-refractivity contribution in [1.29, 1.82) is 0 Å². The zero-order valence-electron chi connectivity index (χ0n) is 19.9. The molecule has 4 rings (SSSR count). The first-order chi connectivity index (χ1) is 16.5. The number of aryl methyl sites for hydroxylation is 1. The maximum Gasteiger partial charge on any atom is 0.246 e. The van der Waals surface area contributed by atoms with E-state index in [0.29, 0.717) is 49.3 Å². The normalized spacial score (nSPS) is 13.9.